The van der Waals surface area contributed by atoms with Crippen molar-refractivity contribution in [3.63, 3.8) is 0 Å². The summed E-state index contributed by atoms with van der Waals surface area (Å²) < 4.78 is 93.5. The molecule has 0 atom stereocenters. The van der Waals surface area contributed by atoms with Crippen LogP contribution in [0.15, 0.2) is 73.4 Å². The number of rotatable bonds is 10. The molecule has 0 spiro atoms. The summed E-state index contributed by atoms with van der Waals surface area (Å²) in [5.74, 6) is 8.33. The van der Waals surface area contributed by atoms with Crippen LogP contribution in [0.3, 0.4) is 0 Å². The maximum absolute atomic E-state index is 12.2. The second kappa shape index (κ2) is 38.7. The number of hydrogen-bond acceptors (Lipinski definition) is 2. The van der Waals surface area contributed by atoms with E-state index < -0.39 is 31.7 Å². The maximum atomic E-state index is 12.2. The molecule has 368 valence electrons. The van der Waals surface area contributed by atoms with Gasteiger partial charge in [-0.05, 0) is 190 Å². The van der Waals surface area contributed by atoms with Gasteiger partial charge < -0.3 is 10.9 Å². The van der Waals surface area contributed by atoms with Gasteiger partial charge in [0.15, 0.2) is 12.7 Å². The Hall–Kier alpha value is -1.15. The van der Waals surface area contributed by atoms with Gasteiger partial charge in [-0.25, -0.2) is 17.6 Å². The van der Waals surface area contributed by atoms with Crippen molar-refractivity contribution in [3.8, 4) is 5.75 Å². The minimum Gasteiger partial charge on any atom is -1.00 e. The normalized spacial score (nSPS) is 25.7. The molecule has 2 aromatic carbocycles. The molecule has 7 rings (SSSR count). The first-order valence-electron chi connectivity index (χ1n) is 24.3. The second-order valence-electron chi connectivity index (χ2n) is 18.3. The van der Waals surface area contributed by atoms with Crippen LogP contribution in [0, 0.1) is 42.4 Å². The van der Waals surface area contributed by atoms with Gasteiger partial charge in [0.25, 0.3) is 12.2 Å². The number of alkyl halides is 3. The average Bonchev–Trinajstić information content (AvgIpc) is 3.93. The second-order valence-corrected chi connectivity index (χ2v) is 18.9. The predicted octanol–water partition coefficient (Wildman–Crippen LogP) is 16.4. The summed E-state index contributed by atoms with van der Waals surface area (Å²) in [6.07, 6.45) is 25.5. The number of aryl methyl sites for hydroxylation is 1. The minimum absolute atomic E-state index is 0. The molecule has 1 heterocycles. The molecule has 0 radical (unpaired) electrons. The fourth-order valence-corrected chi connectivity index (χ4v) is 10.8. The van der Waals surface area contributed by atoms with Crippen molar-refractivity contribution in [2.75, 3.05) is 24.8 Å². The van der Waals surface area contributed by atoms with Gasteiger partial charge in [0.2, 0.25) is 6.86 Å². The third kappa shape index (κ3) is 27.0. The van der Waals surface area contributed by atoms with Gasteiger partial charge in [-0.15, -0.1) is 0 Å². The zero-order chi connectivity index (χ0) is 47.0. The van der Waals surface area contributed by atoms with E-state index in [2.05, 4.69) is 57.2 Å². The molecule has 0 amide bonds. The molecule has 1 saturated heterocycles. The molecular weight excluding hydrogens is 970 g/mol. The van der Waals surface area contributed by atoms with E-state index in [1.807, 2.05) is 12.1 Å². The fraction of sp³-hybridized carbons (Fsp3) is 0.698. The van der Waals surface area contributed by atoms with Crippen molar-refractivity contribution < 1.29 is 75.6 Å². The molecule has 5 aliphatic rings. The summed E-state index contributed by atoms with van der Waals surface area (Å²) in [6.45, 7) is 8.11. The smallest absolute Gasteiger partial charge is 1.00 e. The SMILES string of the molecule is C1CCOC1.CCCC1CCC(C2CCC(c3ccc(C)cc3)CC2)CC1.CCCC1CCC(C2CCC(c3ccc(OCF)cc3)CC2)CC1.FC=C(F)F.FC=C(F)F.FCI.[H-].[Na+]. The van der Waals surface area contributed by atoms with E-state index in [9.17, 15) is 35.1 Å². The first kappa shape index (κ1) is 61.9. The number of ether oxygens (including phenoxy) is 2. The summed E-state index contributed by atoms with van der Waals surface area (Å²) in [7, 11) is 0. The first-order chi connectivity index (χ1) is 31.0. The summed E-state index contributed by atoms with van der Waals surface area (Å²) in [6, 6.07) is 17.4. The minimum atomic E-state index is -2.29. The largest absolute Gasteiger partial charge is 1.00 e. The Kier molecular flexibility index (Phi) is 36.8. The molecule has 0 aromatic heterocycles. The van der Waals surface area contributed by atoms with Gasteiger partial charge in [0.1, 0.15) is 10.4 Å². The Morgan fingerprint density at radius 2 is 0.892 bits per heavy atom. The van der Waals surface area contributed by atoms with Crippen molar-refractivity contribution in [2.45, 2.75) is 174 Å². The van der Waals surface area contributed by atoms with Crippen LogP contribution in [0.5, 0.6) is 5.75 Å². The summed E-state index contributed by atoms with van der Waals surface area (Å²) >= 11 is 1.62. The van der Waals surface area contributed by atoms with Crippen LogP contribution < -0.4 is 34.3 Å². The van der Waals surface area contributed by atoms with Gasteiger partial charge in [-0.2, -0.15) is 17.6 Å². The molecule has 0 unspecified atom stereocenters. The Morgan fingerprint density at radius 1 is 0.585 bits per heavy atom. The van der Waals surface area contributed by atoms with Crippen molar-refractivity contribution in [3.05, 3.63) is 90.0 Å². The predicted molar refractivity (Wildman–Crippen MR) is 258 cm³/mol. The topological polar surface area (TPSA) is 18.5 Å². The molecule has 0 bridgehead atoms. The number of hydrogen-bond donors (Lipinski definition) is 0. The van der Waals surface area contributed by atoms with Crippen LogP contribution in [-0.2, 0) is 4.74 Å². The molecule has 12 heteroatoms. The fourth-order valence-electron chi connectivity index (χ4n) is 10.8. The van der Waals surface area contributed by atoms with Crippen LogP contribution in [0.1, 0.15) is 185 Å². The van der Waals surface area contributed by atoms with Crippen molar-refractivity contribution in [2.24, 2.45) is 35.5 Å². The van der Waals surface area contributed by atoms with Gasteiger partial charge in [0.05, 0.1) is 0 Å². The maximum Gasteiger partial charge on any atom is 1.00 e. The van der Waals surface area contributed by atoms with Gasteiger partial charge in [0, 0.05) is 13.2 Å². The Labute approximate surface area is 425 Å². The van der Waals surface area contributed by atoms with E-state index in [0.29, 0.717) is 11.7 Å². The zero-order valence-corrected chi connectivity index (χ0v) is 44.2. The van der Waals surface area contributed by atoms with Gasteiger partial charge in [-0.1, -0.05) is 107 Å². The first-order valence-corrected chi connectivity index (χ1v) is 25.8. The van der Waals surface area contributed by atoms with Crippen LogP contribution in [0.25, 0.3) is 0 Å². The Balaban J connectivity index is 0.000000916. The molecule has 5 fully saturated rings. The van der Waals surface area contributed by atoms with E-state index in [4.69, 9.17) is 9.47 Å². The molecule has 4 aliphatic carbocycles. The zero-order valence-electron chi connectivity index (χ0n) is 41.0. The van der Waals surface area contributed by atoms with Crippen LogP contribution in [-0.4, -0.2) is 24.8 Å². The van der Waals surface area contributed by atoms with E-state index >= 15 is 0 Å². The summed E-state index contributed by atoms with van der Waals surface area (Å²) in [4.78, 5) is 0. The Morgan fingerprint density at radius 3 is 1.15 bits per heavy atom. The Bertz CT molecular complexity index is 1440. The number of benzene rings is 2. The van der Waals surface area contributed by atoms with Crippen molar-refractivity contribution in [1.82, 2.24) is 0 Å². The molecular formula is C53H80F8INaO2. The molecule has 2 aromatic rings. The number of halogens is 9. The summed E-state index contributed by atoms with van der Waals surface area (Å²) in [5.41, 5.74) is 4.39. The summed E-state index contributed by atoms with van der Waals surface area (Å²) in [5, 5.41) is 0. The molecule has 65 heavy (non-hydrogen) atoms. The van der Waals surface area contributed by atoms with Crippen molar-refractivity contribution >= 4 is 22.6 Å². The molecule has 4 saturated carbocycles. The quantitative estimate of drug-likeness (QED) is 0.102. The van der Waals surface area contributed by atoms with E-state index in [1.165, 1.54) is 152 Å². The molecule has 1 aliphatic heterocycles. The van der Waals surface area contributed by atoms with Crippen LogP contribution in [0.2, 0.25) is 0 Å². The average molecular weight is 1050 g/mol. The third-order valence-corrected chi connectivity index (χ3v) is 14.2. The van der Waals surface area contributed by atoms with E-state index in [0.717, 1.165) is 54.6 Å². The van der Waals surface area contributed by atoms with Crippen LogP contribution in [0.4, 0.5) is 35.1 Å². The van der Waals surface area contributed by atoms with Gasteiger partial charge in [-0.3, -0.25) is 0 Å². The monoisotopic (exact) mass is 1050 g/mol. The van der Waals surface area contributed by atoms with E-state index in [-0.39, 0.29) is 35.7 Å². The van der Waals surface area contributed by atoms with E-state index in [1.54, 1.807) is 28.2 Å². The standard InChI is InChI=1S/C22H33FO.C22H34.C4H8O.2C2HF3.CH2FI.Na.H/c1-2-3-17-4-6-18(7-5-17)19-8-10-20(11-9-19)21-12-14-22(15-13-21)24-16-23;1-3-4-18-7-11-20(12-8-18)22-15-13-21(14-16-22)19-9-5-17(2)6-10-19;1-2-4-5-3-1;2*3-1-2(4)5;2-1-3;;/h12-15,17-20H,2-11,16H2,1H3;5-6,9-10,18,20-22H,3-4,7-8,11-16H2,1-2H3;1-4H2;2*1H;1H2;;/q;;;;;;+1;-1. The van der Waals surface area contributed by atoms with Crippen molar-refractivity contribution in [1.29, 1.82) is 0 Å². The van der Waals surface area contributed by atoms with Gasteiger partial charge >= 0.3 is 29.6 Å². The molecule has 2 nitrogen and oxygen atoms in total. The third-order valence-electron chi connectivity index (χ3n) is 14.2. The molecule has 0 N–H and O–H groups in total. The van der Waals surface area contributed by atoms with Crippen LogP contribution >= 0.6 is 22.6 Å².